The third-order valence-electron chi connectivity index (χ3n) is 3.48. The Bertz CT molecular complexity index is 666. The fraction of sp³-hybridized carbons (Fsp3) is 0.312. The summed E-state index contributed by atoms with van der Waals surface area (Å²) in [5.41, 5.74) is 7.09. The number of aryl methyl sites for hydroxylation is 2. The SMILES string of the molecule is Cc1cc(C(C)NCc2ccc(C(N)=O)cc2F)c(C)s1. The number of primary amides is 1. The van der Waals surface area contributed by atoms with Crippen molar-refractivity contribution in [1.82, 2.24) is 5.32 Å². The Morgan fingerprint density at radius 1 is 1.38 bits per heavy atom. The van der Waals surface area contributed by atoms with Gasteiger partial charge in [-0.25, -0.2) is 4.39 Å². The Hall–Kier alpha value is -1.72. The van der Waals surface area contributed by atoms with Crippen LogP contribution in [0.4, 0.5) is 4.39 Å². The van der Waals surface area contributed by atoms with Crippen molar-refractivity contribution in [3.8, 4) is 0 Å². The molecule has 0 saturated heterocycles. The fourth-order valence-electron chi connectivity index (χ4n) is 2.30. The van der Waals surface area contributed by atoms with Crippen LogP contribution < -0.4 is 11.1 Å². The van der Waals surface area contributed by atoms with Gasteiger partial charge < -0.3 is 11.1 Å². The molecule has 0 spiro atoms. The molecule has 0 aliphatic carbocycles. The van der Waals surface area contributed by atoms with Crippen LogP contribution in [-0.2, 0) is 6.54 Å². The number of carbonyl (C=O) groups excluding carboxylic acids is 1. The van der Waals surface area contributed by atoms with Crippen molar-refractivity contribution in [3.63, 3.8) is 0 Å². The topological polar surface area (TPSA) is 55.1 Å². The minimum Gasteiger partial charge on any atom is -0.366 e. The maximum absolute atomic E-state index is 13.9. The lowest BCUT2D eigenvalue weighted by Gasteiger charge is -2.14. The number of nitrogens with two attached hydrogens (primary N) is 1. The molecular formula is C16H19FN2OS. The second kappa shape index (κ2) is 6.37. The first-order valence-corrected chi connectivity index (χ1v) is 7.58. The van der Waals surface area contributed by atoms with Gasteiger partial charge in [0.15, 0.2) is 0 Å². The Kier molecular flexibility index (Phi) is 4.75. The minimum atomic E-state index is -0.619. The summed E-state index contributed by atoms with van der Waals surface area (Å²) in [5.74, 6) is -1.03. The predicted octanol–water partition coefficient (Wildman–Crippen LogP) is 3.45. The number of nitrogens with one attached hydrogen (secondary N) is 1. The van der Waals surface area contributed by atoms with Gasteiger partial charge in [-0.1, -0.05) is 6.07 Å². The summed E-state index contributed by atoms with van der Waals surface area (Å²) in [6.07, 6.45) is 0. The van der Waals surface area contributed by atoms with Gasteiger partial charge in [0.05, 0.1) is 0 Å². The molecule has 5 heteroatoms. The van der Waals surface area contributed by atoms with Crippen LogP contribution in [0, 0.1) is 19.7 Å². The molecule has 0 saturated carbocycles. The number of hydrogen-bond acceptors (Lipinski definition) is 3. The third kappa shape index (κ3) is 3.68. The molecule has 0 aliphatic heterocycles. The van der Waals surface area contributed by atoms with Crippen LogP contribution in [0.1, 0.15) is 44.2 Å². The number of halogens is 1. The second-order valence-corrected chi connectivity index (χ2v) is 6.60. The van der Waals surface area contributed by atoms with Gasteiger partial charge >= 0.3 is 0 Å². The number of thiophene rings is 1. The van der Waals surface area contributed by atoms with Gasteiger partial charge in [-0.2, -0.15) is 0 Å². The zero-order chi connectivity index (χ0) is 15.6. The normalized spacial score (nSPS) is 12.4. The smallest absolute Gasteiger partial charge is 0.248 e. The van der Waals surface area contributed by atoms with Gasteiger partial charge in [0.1, 0.15) is 5.82 Å². The zero-order valence-corrected chi connectivity index (χ0v) is 13.2. The van der Waals surface area contributed by atoms with E-state index >= 15 is 0 Å². The summed E-state index contributed by atoms with van der Waals surface area (Å²) >= 11 is 1.76. The summed E-state index contributed by atoms with van der Waals surface area (Å²) in [6, 6.07) is 6.63. The molecule has 1 amide bonds. The number of benzene rings is 1. The second-order valence-electron chi connectivity index (χ2n) is 5.14. The number of amides is 1. The highest BCUT2D eigenvalue weighted by atomic mass is 32.1. The summed E-state index contributed by atoms with van der Waals surface area (Å²) < 4.78 is 13.9. The quantitative estimate of drug-likeness (QED) is 0.889. The first kappa shape index (κ1) is 15.7. The molecule has 2 rings (SSSR count). The van der Waals surface area contributed by atoms with E-state index in [0.717, 1.165) is 0 Å². The molecule has 0 fully saturated rings. The number of rotatable bonds is 5. The monoisotopic (exact) mass is 306 g/mol. The molecule has 1 heterocycles. The van der Waals surface area contributed by atoms with Crippen molar-refractivity contribution >= 4 is 17.2 Å². The maximum Gasteiger partial charge on any atom is 0.248 e. The highest BCUT2D eigenvalue weighted by Gasteiger charge is 2.12. The zero-order valence-electron chi connectivity index (χ0n) is 12.4. The largest absolute Gasteiger partial charge is 0.366 e. The Labute approximate surface area is 128 Å². The number of hydrogen-bond donors (Lipinski definition) is 2. The van der Waals surface area contributed by atoms with Gasteiger partial charge in [0.25, 0.3) is 0 Å². The molecule has 0 radical (unpaired) electrons. The van der Waals surface area contributed by atoms with Crippen molar-refractivity contribution < 1.29 is 9.18 Å². The van der Waals surface area contributed by atoms with Crippen molar-refractivity contribution in [3.05, 3.63) is 56.5 Å². The highest BCUT2D eigenvalue weighted by molar-refractivity contribution is 7.12. The summed E-state index contributed by atoms with van der Waals surface area (Å²) in [4.78, 5) is 13.5. The Morgan fingerprint density at radius 2 is 2.10 bits per heavy atom. The lowest BCUT2D eigenvalue weighted by atomic mass is 10.1. The standard InChI is InChI=1S/C16H19FN2OS/c1-9-6-14(11(3)21-9)10(2)19-8-13-5-4-12(16(18)20)7-15(13)17/h4-7,10,19H,8H2,1-3H3,(H2,18,20). The lowest BCUT2D eigenvalue weighted by Crippen LogP contribution is -2.19. The first-order chi connectivity index (χ1) is 9.88. The first-order valence-electron chi connectivity index (χ1n) is 6.77. The van der Waals surface area contributed by atoms with Crippen LogP contribution in [0.5, 0.6) is 0 Å². The number of carbonyl (C=O) groups is 1. The van der Waals surface area contributed by atoms with E-state index in [1.54, 1.807) is 23.5 Å². The van der Waals surface area contributed by atoms with Crippen LogP contribution in [0.2, 0.25) is 0 Å². The van der Waals surface area contributed by atoms with Crippen LogP contribution in [-0.4, -0.2) is 5.91 Å². The summed E-state index contributed by atoms with van der Waals surface area (Å²) in [6.45, 7) is 6.63. The minimum absolute atomic E-state index is 0.144. The van der Waals surface area contributed by atoms with E-state index in [2.05, 4.69) is 32.2 Å². The highest BCUT2D eigenvalue weighted by Crippen LogP contribution is 2.26. The van der Waals surface area contributed by atoms with Gasteiger partial charge in [-0.15, -0.1) is 11.3 Å². The van der Waals surface area contributed by atoms with Crippen LogP contribution >= 0.6 is 11.3 Å². The van der Waals surface area contributed by atoms with Gasteiger partial charge in [-0.3, -0.25) is 4.79 Å². The van der Waals surface area contributed by atoms with Gasteiger partial charge in [0, 0.05) is 33.5 Å². The van der Waals surface area contributed by atoms with E-state index in [0.29, 0.717) is 12.1 Å². The van der Waals surface area contributed by atoms with Crippen molar-refractivity contribution in [2.45, 2.75) is 33.4 Å². The van der Waals surface area contributed by atoms with Crippen LogP contribution in [0.3, 0.4) is 0 Å². The molecule has 3 N–H and O–H groups in total. The van der Waals surface area contributed by atoms with E-state index < -0.39 is 11.7 Å². The molecule has 0 aliphatic rings. The summed E-state index contributed by atoms with van der Waals surface area (Å²) in [5, 5.41) is 3.31. The molecule has 2 aromatic rings. The molecule has 112 valence electrons. The predicted molar refractivity (Wildman–Crippen MR) is 84.0 cm³/mol. The molecular weight excluding hydrogens is 287 g/mol. The fourth-order valence-corrected chi connectivity index (χ4v) is 3.32. The van der Waals surface area contributed by atoms with Crippen LogP contribution in [0.15, 0.2) is 24.3 Å². The van der Waals surface area contributed by atoms with Crippen LogP contribution in [0.25, 0.3) is 0 Å². The molecule has 21 heavy (non-hydrogen) atoms. The van der Waals surface area contributed by atoms with Gasteiger partial charge in [0.2, 0.25) is 5.91 Å². The van der Waals surface area contributed by atoms with Crippen molar-refractivity contribution in [2.75, 3.05) is 0 Å². The Morgan fingerprint density at radius 3 is 2.62 bits per heavy atom. The van der Waals surface area contributed by atoms with Crippen molar-refractivity contribution in [1.29, 1.82) is 0 Å². The van der Waals surface area contributed by atoms with Crippen molar-refractivity contribution in [2.24, 2.45) is 5.73 Å². The van der Waals surface area contributed by atoms with E-state index in [4.69, 9.17) is 5.73 Å². The molecule has 0 bridgehead atoms. The Balaban J connectivity index is 2.06. The molecule has 1 atom stereocenters. The molecule has 1 aromatic heterocycles. The third-order valence-corrected chi connectivity index (χ3v) is 4.46. The average molecular weight is 306 g/mol. The maximum atomic E-state index is 13.9. The molecule has 3 nitrogen and oxygen atoms in total. The van der Waals surface area contributed by atoms with E-state index in [-0.39, 0.29) is 11.6 Å². The summed E-state index contributed by atoms with van der Waals surface area (Å²) in [7, 11) is 0. The molecule has 1 unspecified atom stereocenters. The van der Waals surface area contributed by atoms with Gasteiger partial charge in [-0.05, 0) is 44.5 Å². The van der Waals surface area contributed by atoms with E-state index in [9.17, 15) is 9.18 Å². The van der Waals surface area contributed by atoms with E-state index in [1.165, 1.54) is 21.4 Å². The van der Waals surface area contributed by atoms with E-state index in [1.807, 2.05) is 0 Å². The lowest BCUT2D eigenvalue weighted by molar-refractivity contribution is 0.1000. The average Bonchev–Trinajstić information content (AvgIpc) is 2.75. The molecule has 1 aromatic carbocycles.